The number of aromatic nitrogens is 4. The molecule has 1 aliphatic heterocycles. The highest BCUT2D eigenvalue weighted by Crippen LogP contribution is 2.39. The predicted octanol–water partition coefficient (Wildman–Crippen LogP) is 5.54. The van der Waals surface area contributed by atoms with Crippen molar-refractivity contribution in [3.05, 3.63) is 67.5 Å². The molecule has 0 radical (unpaired) electrons. The molecule has 1 aliphatic carbocycles. The molecule has 0 bridgehead atoms. The first kappa shape index (κ1) is 29.7. The summed E-state index contributed by atoms with van der Waals surface area (Å²) in [5, 5.41) is 13.7. The van der Waals surface area contributed by atoms with E-state index in [0.717, 1.165) is 92.2 Å². The molecule has 0 atom stereocenters. The maximum Gasteiger partial charge on any atom is 0.164 e. The second kappa shape index (κ2) is 13.5. The number of fused-ring (bicyclic) bond motifs is 1. The highest BCUT2D eigenvalue weighted by molar-refractivity contribution is 5.98. The van der Waals surface area contributed by atoms with Gasteiger partial charge >= 0.3 is 0 Å². The van der Waals surface area contributed by atoms with Gasteiger partial charge in [0.2, 0.25) is 0 Å². The van der Waals surface area contributed by atoms with Crippen LogP contribution in [0, 0.1) is 5.41 Å². The highest BCUT2D eigenvalue weighted by atomic mass is 16.6. The summed E-state index contributed by atoms with van der Waals surface area (Å²) in [6.45, 7) is 10.9. The van der Waals surface area contributed by atoms with Crippen molar-refractivity contribution in [3.8, 4) is 22.8 Å². The predicted molar refractivity (Wildman–Crippen MR) is 174 cm³/mol. The lowest BCUT2D eigenvalue weighted by atomic mass is 9.90. The molecule has 6 rings (SSSR count). The molecule has 2 fully saturated rings. The lowest BCUT2D eigenvalue weighted by Gasteiger charge is -2.42. The molecule has 4 N–H and O–H groups in total. The SMILES string of the molecule is C=CCONc1cc(-c2nn(C3CCC(N4CCN(CC(C)=N)CC4)CC3)c3ncnc(N)c23)ccc1Oc1ccccc1. The third-order valence-corrected chi connectivity index (χ3v) is 8.52. The highest BCUT2D eigenvalue weighted by Gasteiger charge is 2.31. The van der Waals surface area contributed by atoms with Crippen molar-refractivity contribution in [1.82, 2.24) is 29.5 Å². The number of nitrogens with zero attached hydrogens (tertiary/aromatic N) is 6. The minimum Gasteiger partial charge on any atom is -0.455 e. The third-order valence-electron chi connectivity index (χ3n) is 8.52. The fourth-order valence-electron chi connectivity index (χ4n) is 6.38. The maximum atomic E-state index is 7.81. The zero-order chi connectivity index (χ0) is 30.5. The van der Waals surface area contributed by atoms with Crippen LogP contribution in [-0.4, -0.2) is 80.6 Å². The molecule has 0 spiro atoms. The van der Waals surface area contributed by atoms with Gasteiger partial charge in [-0.15, -0.1) is 6.58 Å². The Bertz CT molecular complexity index is 1590. The van der Waals surface area contributed by atoms with Crippen LogP contribution in [0.4, 0.5) is 11.5 Å². The molecule has 11 nitrogen and oxygen atoms in total. The Morgan fingerprint density at radius 1 is 1.05 bits per heavy atom. The van der Waals surface area contributed by atoms with Gasteiger partial charge in [0.25, 0.3) is 0 Å². The molecule has 3 heterocycles. The number of hydrogen-bond donors (Lipinski definition) is 3. The fourth-order valence-corrected chi connectivity index (χ4v) is 6.38. The van der Waals surface area contributed by atoms with E-state index in [9.17, 15) is 0 Å². The Morgan fingerprint density at radius 2 is 1.80 bits per heavy atom. The lowest BCUT2D eigenvalue weighted by Crippen LogP contribution is -2.51. The number of piperazine rings is 1. The van der Waals surface area contributed by atoms with E-state index in [1.807, 2.05) is 55.5 Å². The van der Waals surface area contributed by atoms with Crippen LogP contribution >= 0.6 is 0 Å². The lowest BCUT2D eigenvalue weighted by molar-refractivity contribution is 0.0772. The van der Waals surface area contributed by atoms with Gasteiger partial charge in [0.05, 0.1) is 18.0 Å². The van der Waals surface area contributed by atoms with E-state index in [0.29, 0.717) is 29.9 Å². The largest absolute Gasteiger partial charge is 0.455 e. The van der Waals surface area contributed by atoms with Crippen LogP contribution in [0.5, 0.6) is 11.5 Å². The Kier molecular flexibility index (Phi) is 9.15. The summed E-state index contributed by atoms with van der Waals surface area (Å²) in [5.74, 6) is 1.74. The van der Waals surface area contributed by atoms with Crippen LogP contribution < -0.4 is 16.0 Å². The summed E-state index contributed by atoms with van der Waals surface area (Å²) in [6.07, 6.45) is 7.48. The quantitative estimate of drug-likeness (QED) is 0.0886. The number of para-hydroxylation sites is 1. The topological polar surface area (TPSA) is 130 Å². The summed E-state index contributed by atoms with van der Waals surface area (Å²) in [5.41, 5.74) is 13.2. The average Bonchev–Trinajstić information content (AvgIpc) is 3.44. The normalized spacial score (nSPS) is 19.6. The average molecular weight is 596 g/mol. The van der Waals surface area contributed by atoms with E-state index >= 15 is 0 Å². The first-order valence-electron chi connectivity index (χ1n) is 15.3. The molecule has 230 valence electrons. The Balaban J connectivity index is 1.24. The first-order valence-corrected chi connectivity index (χ1v) is 15.3. The number of nitrogens with one attached hydrogen (secondary N) is 2. The van der Waals surface area contributed by atoms with Gasteiger partial charge in [0.1, 0.15) is 29.3 Å². The van der Waals surface area contributed by atoms with Crippen molar-refractivity contribution in [3.63, 3.8) is 0 Å². The molecule has 2 aromatic carbocycles. The Hall–Kier alpha value is -4.32. The van der Waals surface area contributed by atoms with Crippen LogP contribution in [0.1, 0.15) is 38.6 Å². The van der Waals surface area contributed by atoms with E-state index in [2.05, 4.69) is 36.5 Å². The van der Waals surface area contributed by atoms with E-state index < -0.39 is 0 Å². The molecule has 2 aromatic heterocycles. The molecule has 2 aliphatic rings. The molecular weight excluding hydrogens is 554 g/mol. The Morgan fingerprint density at radius 3 is 2.52 bits per heavy atom. The minimum absolute atomic E-state index is 0.230. The summed E-state index contributed by atoms with van der Waals surface area (Å²) in [6, 6.07) is 16.3. The van der Waals surface area contributed by atoms with Gasteiger partial charge < -0.3 is 15.9 Å². The molecule has 0 amide bonds. The van der Waals surface area contributed by atoms with Gasteiger partial charge in [0.15, 0.2) is 11.4 Å². The van der Waals surface area contributed by atoms with Crippen molar-refractivity contribution in [2.75, 3.05) is 50.5 Å². The van der Waals surface area contributed by atoms with Gasteiger partial charge in [-0.3, -0.25) is 20.1 Å². The van der Waals surface area contributed by atoms with Crippen molar-refractivity contribution in [2.45, 2.75) is 44.7 Å². The second-order valence-corrected chi connectivity index (χ2v) is 11.6. The van der Waals surface area contributed by atoms with Crippen LogP contribution in [0.2, 0.25) is 0 Å². The third kappa shape index (κ3) is 6.59. The molecule has 1 saturated carbocycles. The summed E-state index contributed by atoms with van der Waals surface area (Å²) >= 11 is 0. The number of nitrogens with two attached hydrogens (primary N) is 1. The van der Waals surface area contributed by atoms with Crippen molar-refractivity contribution < 1.29 is 9.57 Å². The van der Waals surface area contributed by atoms with Gasteiger partial charge in [-0.1, -0.05) is 24.3 Å². The molecule has 0 unspecified atom stereocenters. The molecule has 1 saturated heterocycles. The zero-order valence-corrected chi connectivity index (χ0v) is 25.3. The van der Waals surface area contributed by atoms with Crippen LogP contribution in [0.3, 0.4) is 0 Å². The van der Waals surface area contributed by atoms with Crippen molar-refractivity contribution in [1.29, 1.82) is 5.41 Å². The standard InChI is InChI=1S/C33H41N9O2/c1-3-19-43-39-28-20-24(9-14-29(28)44-27-7-5-4-6-8-27)31-30-32(35)36-22-37-33(30)42(38-31)26-12-10-25(11-13-26)41-17-15-40(16-18-41)21-23(2)34/h3-9,14,20,22,25-26,34,39H,1,10-13,15-19,21H2,2H3,(H2,35,36,37). The summed E-state index contributed by atoms with van der Waals surface area (Å²) in [7, 11) is 0. The second-order valence-electron chi connectivity index (χ2n) is 11.6. The van der Waals surface area contributed by atoms with Gasteiger partial charge in [-0.05, 0) is 62.9 Å². The van der Waals surface area contributed by atoms with Crippen LogP contribution in [-0.2, 0) is 4.84 Å². The number of ether oxygens (including phenoxy) is 1. The first-order chi connectivity index (χ1) is 21.5. The fraction of sp³-hybridized carbons (Fsp3) is 0.394. The summed E-state index contributed by atoms with van der Waals surface area (Å²) < 4.78 is 8.23. The van der Waals surface area contributed by atoms with Crippen molar-refractivity contribution >= 4 is 28.3 Å². The summed E-state index contributed by atoms with van der Waals surface area (Å²) in [4.78, 5) is 19.6. The van der Waals surface area contributed by atoms with Gasteiger partial charge in [-0.2, -0.15) is 5.10 Å². The Labute approximate surface area is 258 Å². The zero-order valence-electron chi connectivity index (χ0n) is 25.3. The molecule has 4 aromatic rings. The molecule has 11 heteroatoms. The van der Waals surface area contributed by atoms with Crippen LogP contribution in [0.25, 0.3) is 22.3 Å². The minimum atomic E-state index is 0.230. The smallest absolute Gasteiger partial charge is 0.164 e. The van der Waals surface area contributed by atoms with Crippen molar-refractivity contribution in [2.24, 2.45) is 0 Å². The van der Waals surface area contributed by atoms with E-state index in [4.69, 9.17) is 25.8 Å². The number of hydrogen-bond acceptors (Lipinski definition) is 10. The number of rotatable bonds is 11. The molecule has 44 heavy (non-hydrogen) atoms. The van der Waals surface area contributed by atoms with E-state index in [1.54, 1.807) is 6.08 Å². The van der Waals surface area contributed by atoms with E-state index in [-0.39, 0.29) is 6.04 Å². The number of nitrogen functional groups attached to an aromatic ring is 1. The number of benzene rings is 2. The maximum absolute atomic E-state index is 7.81. The number of anilines is 2. The van der Waals surface area contributed by atoms with Gasteiger partial charge in [0, 0.05) is 50.0 Å². The monoisotopic (exact) mass is 595 g/mol. The van der Waals surface area contributed by atoms with Crippen LogP contribution in [0.15, 0.2) is 67.5 Å². The molecular formula is C33H41N9O2. The van der Waals surface area contributed by atoms with E-state index in [1.165, 1.54) is 6.33 Å². The van der Waals surface area contributed by atoms with Gasteiger partial charge in [-0.25, -0.2) is 14.6 Å².